The maximum absolute atomic E-state index is 11.0. The molecule has 1 aromatic carbocycles. The molecule has 0 saturated carbocycles. The van der Waals surface area contributed by atoms with E-state index in [1.807, 2.05) is 6.07 Å². The number of nitrogens with one attached hydrogen (secondary N) is 1. The van der Waals surface area contributed by atoms with Crippen LogP contribution in [0.15, 0.2) is 30.5 Å². The highest BCUT2D eigenvalue weighted by Gasteiger charge is 2.14. The Labute approximate surface area is 109 Å². The zero-order valence-electron chi connectivity index (χ0n) is 10.3. The van der Waals surface area contributed by atoms with Crippen molar-refractivity contribution in [3.8, 4) is 6.07 Å². The van der Waals surface area contributed by atoms with Gasteiger partial charge in [-0.25, -0.2) is 4.79 Å². The van der Waals surface area contributed by atoms with Gasteiger partial charge in [0, 0.05) is 12.7 Å². The second kappa shape index (κ2) is 5.23. The standard InChI is InChI=1S/C13H12N4O2/c1-17-12(11(7-16-17)13(18)19)8-15-10-4-2-9(6-14)3-5-10/h2-5,7,15H,8H2,1H3,(H,18,19). The maximum Gasteiger partial charge on any atom is 0.339 e. The van der Waals surface area contributed by atoms with Gasteiger partial charge in [0.2, 0.25) is 0 Å². The summed E-state index contributed by atoms with van der Waals surface area (Å²) in [5.74, 6) is -0.996. The number of carboxylic acid groups (broad SMARTS) is 1. The fourth-order valence-corrected chi connectivity index (χ4v) is 1.70. The summed E-state index contributed by atoms with van der Waals surface area (Å²) in [5.41, 5.74) is 2.18. The Bertz CT molecular complexity index is 638. The SMILES string of the molecule is Cn1ncc(C(=O)O)c1CNc1ccc(C#N)cc1. The fraction of sp³-hybridized carbons (Fsp3) is 0.154. The Morgan fingerprint density at radius 1 is 1.47 bits per heavy atom. The lowest BCUT2D eigenvalue weighted by molar-refractivity contribution is 0.0695. The Kier molecular flexibility index (Phi) is 3.48. The third-order valence-electron chi connectivity index (χ3n) is 2.77. The highest BCUT2D eigenvalue weighted by atomic mass is 16.4. The van der Waals surface area contributed by atoms with Gasteiger partial charge in [-0.1, -0.05) is 0 Å². The molecular weight excluding hydrogens is 244 g/mol. The summed E-state index contributed by atoms with van der Waals surface area (Å²) in [6.07, 6.45) is 1.33. The van der Waals surface area contributed by atoms with Crippen LogP contribution in [0.2, 0.25) is 0 Å². The summed E-state index contributed by atoms with van der Waals surface area (Å²) in [5, 5.41) is 24.8. The summed E-state index contributed by atoms with van der Waals surface area (Å²) >= 11 is 0. The van der Waals surface area contributed by atoms with Crippen LogP contribution in [0.5, 0.6) is 0 Å². The summed E-state index contributed by atoms with van der Waals surface area (Å²) < 4.78 is 1.53. The van der Waals surface area contributed by atoms with Crippen LogP contribution in [-0.4, -0.2) is 20.9 Å². The summed E-state index contributed by atoms with van der Waals surface area (Å²) in [4.78, 5) is 11.0. The molecule has 0 unspecified atom stereocenters. The quantitative estimate of drug-likeness (QED) is 0.867. The van der Waals surface area contributed by atoms with Crippen molar-refractivity contribution in [2.75, 3.05) is 5.32 Å². The van der Waals surface area contributed by atoms with Crippen LogP contribution in [0, 0.1) is 11.3 Å². The molecule has 0 aliphatic carbocycles. The second-order valence-corrected chi connectivity index (χ2v) is 3.98. The summed E-state index contributed by atoms with van der Waals surface area (Å²) in [7, 11) is 1.70. The van der Waals surface area contributed by atoms with Crippen LogP contribution < -0.4 is 5.32 Å². The third-order valence-corrected chi connectivity index (χ3v) is 2.77. The van der Waals surface area contributed by atoms with Gasteiger partial charge in [0.25, 0.3) is 0 Å². The van der Waals surface area contributed by atoms with Crippen molar-refractivity contribution in [3.63, 3.8) is 0 Å². The number of benzene rings is 1. The largest absolute Gasteiger partial charge is 0.478 e. The second-order valence-electron chi connectivity index (χ2n) is 3.98. The molecule has 2 aromatic rings. The molecule has 2 N–H and O–H groups in total. The number of carbonyl (C=O) groups is 1. The van der Waals surface area contributed by atoms with E-state index in [1.165, 1.54) is 10.9 Å². The van der Waals surface area contributed by atoms with E-state index in [0.29, 0.717) is 17.8 Å². The van der Waals surface area contributed by atoms with Gasteiger partial charge >= 0.3 is 5.97 Å². The molecule has 0 spiro atoms. The summed E-state index contributed by atoms with van der Waals surface area (Å²) in [6, 6.07) is 8.98. The molecule has 1 aromatic heterocycles. The van der Waals surface area contributed by atoms with E-state index in [1.54, 1.807) is 31.3 Å². The summed E-state index contributed by atoms with van der Waals surface area (Å²) in [6.45, 7) is 0.351. The van der Waals surface area contributed by atoms with Crippen LogP contribution in [-0.2, 0) is 13.6 Å². The molecule has 0 bridgehead atoms. The number of aromatic nitrogens is 2. The number of carboxylic acids is 1. The van der Waals surface area contributed by atoms with Crippen LogP contribution >= 0.6 is 0 Å². The van der Waals surface area contributed by atoms with Gasteiger partial charge < -0.3 is 10.4 Å². The Hall–Kier alpha value is -2.81. The van der Waals surface area contributed by atoms with Gasteiger partial charge in [0.15, 0.2) is 0 Å². The lowest BCUT2D eigenvalue weighted by Crippen LogP contribution is -2.10. The molecule has 0 saturated heterocycles. The Morgan fingerprint density at radius 3 is 2.74 bits per heavy atom. The van der Waals surface area contributed by atoms with Crippen LogP contribution in [0.3, 0.4) is 0 Å². The van der Waals surface area contributed by atoms with Gasteiger partial charge in [-0.3, -0.25) is 4.68 Å². The zero-order chi connectivity index (χ0) is 13.8. The average Bonchev–Trinajstić information content (AvgIpc) is 2.78. The lowest BCUT2D eigenvalue weighted by atomic mass is 10.2. The van der Waals surface area contributed by atoms with Crippen LogP contribution in [0.25, 0.3) is 0 Å². The van der Waals surface area contributed by atoms with E-state index in [4.69, 9.17) is 10.4 Å². The van der Waals surface area contributed by atoms with E-state index >= 15 is 0 Å². The van der Waals surface area contributed by atoms with E-state index in [9.17, 15) is 4.79 Å². The monoisotopic (exact) mass is 256 g/mol. The molecule has 0 aliphatic heterocycles. The lowest BCUT2D eigenvalue weighted by Gasteiger charge is -2.07. The smallest absolute Gasteiger partial charge is 0.339 e. The van der Waals surface area contributed by atoms with Crippen molar-refractivity contribution >= 4 is 11.7 Å². The number of nitriles is 1. The average molecular weight is 256 g/mol. The van der Waals surface area contributed by atoms with Crippen molar-refractivity contribution in [2.24, 2.45) is 7.05 Å². The van der Waals surface area contributed by atoms with Crippen molar-refractivity contribution in [2.45, 2.75) is 6.54 Å². The highest BCUT2D eigenvalue weighted by Crippen LogP contribution is 2.13. The van der Waals surface area contributed by atoms with Gasteiger partial charge in [-0.15, -0.1) is 0 Å². The molecule has 1 heterocycles. The first-order valence-electron chi connectivity index (χ1n) is 5.60. The van der Waals surface area contributed by atoms with E-state index in [-0.39, 0.29) is 5.56 Å². The van der Waals surface area contributed by atoms with Gasteiger partial charge in [0.1, 0.15) is 5.56 Å². The zero-order valence-corrected chi connectivity index (χ0v) is 10.3. The molecule has 0 fully saturated rings. The first-order chi connectivity index (χ1) is 9.11. The van der Waals surface area contributed by atoms with Crippen molar-refractivity contribution < 1.29 is 9.90 Å². The number of rotatable bonds is 4. The molecule has 0 atom stereocenters. The first-order valence-corrected chi connectivity index (χ1v) is 5.60. The third kappa shape index (κ3) is 2.72. The predicted octanol–water partition coefficient (Wildman–Crippen LogP) is 1.60. The number of nitrogens with zero attached hydrogens (tertiary/aromatic N) is 3. The number of aromatic carboxylic acids is 1. The van der Waals surface area contributed by atoms with Crippen molar-refractivity contribution in [1.29, 1.82) is 5.26 Å². The van der Waals surface area contributed by atoms with E-state index in [2.05, 4.69) is 10.4 Å². The molecule has 6 heteroatoms. The van der Waals surface area contributed by atoms with E-state index < -0.39 is 5.97 Å². The number of hydrogen-bond donors (Lipinski definition) is 2. The molecular formula is C13H12N4O2. The molecule has 19 heavy (non-hydrogen) atoms. The Balaban J connectivity index is 2.12. The van der Waals surface area contributed by atoms with Gasteiger partial charge in [0.05, 0.1) is 30.1 Å². The molecule has 0 amide bonds. The minimum absolute atomic E-state index is 0.184. The number of aryl methyl sites for hydroxylation is 1. The number of hydrogen-bond acceptors (Lipinski definition) is 4. The fourth-order valence-electron chi connectivity index (χ4n) is 1.70. The first kappa shape index (κ1) is 12.6. The van der Waals surface area contributed by atoms with Crippen molar-refractivity contribution in [3.05, 3.63) is 47.3 Å². The molecule has 2 rings (SSSR count). The van der Waals surface area contributed by atoms with Gasteiger partial charge in [-0.05, 0) is 24.3 Å². The van der Waals surface area contributed by atoms with Crippen molar-refractivity contribution in [1.82, 2.24) is 9.78 Å². The maximum atomic E-state index is 11.0. The minimum Gasteiger partial charge on any atom is -0.478 e. The molecule has 96 valence electrons. The van der Waals surface area contributed by atoms with Crippen LogP contribution in [0.1, 0.15) is 21.6 Å². The van der Waals surface area contributed by atoms with Crippen LogP contribution in [0.4, 0.5) is 5.69 Å². The highest BCUT2D eigenvalue weighted by molar-refractivity contribution is 5.88. The molecule has 0 aliphatic rings. The van der Waals surface area contributed by atoms with E-state index in [0.717, 1.165) is 5.69 Å². The topological polar surface area (TPSA) is 90.9 Å². The number of anilines is 1. The minimum atomic E-state index is -0.996. The predicted molar refractivity (Wildman–Crippen MR) is 68.7 cm³/mol. The Morgan fingerprint density at radius 2 is 2.16 bits per heavy atom. The molecule has 6 nitrogen and oxygen atoms in total. The molecule has 0 radical (unpaired) electrons. The normalized spacial score (nSPS) is 9.89. The van der Waals surface area contributed by atoms with Gasteiger partial charge in [-0.2, -0.15) is 10.4 Å².